The molecule has 0 N–H and O–H groups in total. The Hall–Kier alpha value is -2.59. The van der Waals surface area contributed by atoms with Crippen molar-refractivity contribution in [2.24, 2.45) is 0 Å². The van der Waals surface area contributed by atoms with Crippen LogP contribution in [0.2, 0.25) is 0 Å². The van der Waals surface area contributed by atoms with Crippen LogP contribution in [0.1, 0.15) is 25.0 Å². The molecule has 0 saturated heterocycles. The predicted molar refractivity (Wildman–Crippen MR) is 64.8 cm³/mol. The monoisotopic (exact) mass is 222 g/mol. The smallest absolute Gasteiger partial charge is 0.0999 e. The third kappa shape index (κ3) is 1.66. The molecule has 0 unspecified atom stereocenters. The number of rotatable bonds is 1. The number of hydrogen-bond donors (Lipinski definition) is 0. The number of fused-ring (bicyclic) bond motifs is 1. The summed E-state index contributed by atoms with van der Waals surface area (Å²) < 4.78 is 1.73. The zero-order valence-corrected chi connectivity index (χ0v) is 9.60. The first kappa shape index (κ1) is 10.9. The summed E-state index contributed by atoms with van der Waals surface area (Å²) >= 11 is 0. The van der Waals surface area contributed by atoms with E-state index < -0.39 is 0 Å². The molecule has 4 nitrogen and oxygen atoms in total. The zero-order valence-electron chi connectivity index (χ0n) is 9.60. The Balaban J connectivity index is 2.86. The van der Waals surface area contributed by atoms with Crippen molar-refractivity contribution in [2.75, 3.05) is 0 Å². The third-order valence-corrected chi connectivity index (χ3v) is 2.69. The molecule has 2 rings (SSSR count). The van der Waals surface area contributed by atoms with E-state index in [1.165, 1.54) is 0 Å². The second kappa shape index (κ2) is 4.11. The maximum absolute atomic E-state index is 9.05. The van der Waals surface area contributed by atoms with Gasteiger partial charge < -0.3 is 0 Å². The van der Waals surface area contributed by atoms with Crippen LogP contribution in [0.3, 0.4) is 0 Å². The highest BCUT2D eigenvalue weighted by Gasteiger charge is 2.09. The molecule has 0 atom stereocenters. The Bertz CT molecular complexity index is 693. The third-order valence-electron chi connectivity index (χ3n) is 2.69. The van der Waals surface area contributed by atoms with E-state index in [0.29, 0.717) is 11.1 Å². The topological polar surface area (TPSA) is 65.4 Å². The van der Waals surface area contributed by atoms with Crippen molar-refractivity contribution in [1.82, 2.24) is 9.78 Å². The van der Waals surface area contributed by atoms with Gasteiger partial charge in [0.2, 0.25) is 0 Å². The van der Waals surface area contributed by atoms with Crippen molar-refractivity contribution in [1.29, 1.82) is 10.5 Å². The lowest BCUT2D eigenvalue weighted by atomic mass is 10.1. The van der Waals surface area contributed by atoms with Gasteiger partial charge in [0.15, 0.2) is 0 Å². The molecule has 4 heteroatoms. The van der Waals surface area contributed by atoms with Crippen molar-refractivity contribution >= 4 is 16.6 Å². The summed E-state index contributed by atoms with van der Waals surface area (Å²) in [5.74, 6) is 0. The SMILES string of the molecule is C/C=C(\C)n1ncc2c(C#N)cc(C#N)cc21. The van der Waals surface area contributed by atoms with E-state index in [1.807, 2.05) is 19.9 Å². The molecule has 0 saturated carbocycles. The highest BCUT2D eigenvalue weighted by atomic mass is 15.3. The molecule has 17 heavy (non-hydrogen) atoms. The summed E-state index contributed by atoms with van der Waals surface area (Å²) in [5, 5.41) is 23.0. The summed E-state index contributed by atoms with van der Waals surface area (Å²) in [6.45, 7) is 3.85. The summed E-state index contributed by atoms with van der Waals surface area (Å²) in [6.07, 6.45) is 3.58. The second-order valence-corrected chi connectivity index (χ2v) is 3.67. The van der Waals surface area contributed by atoms with Crippen LogP contribution >= 0.6 is 0 Å². The Kier molecular flexibility index (Phi) is 2.64. The minimum absolute atomic E-state index is 0.472. The Morgan fingerprint density at radius 3 is 2.71 bits per heavy atom. The van der Waals surface area contributed by atoms with Gasteiger partial charge in [0.1, 0.15) is 0 Å². The van der Waals surface area contributed by atoms with Crippen molar-refractivity contribution < 1.29 is 0 Å². The molecule has 1 heterocycles. The largest absolute Gasteiger partial charge is 0.238 e. The molecule has 1 aromatic carbocycles. The highest BCUT2D eigenvalue weighted by Crippen LogP contribution is 2.22. The molecule has 0 amide bonds. The molecule has 0 bridgehead atoms. The molecular formula is C13H10N4. The molecule has 0 fully saturated rings. The fourth-order valence-electron chi connectivity index (χ4n) is 1.69. The van der Waals surface area contributed by atoms with E-state index in [2.05, 4.69) is 17.2 Å². The van der Waals surface area contributed by atoms with E-state index in [9.17, 15) is 0 Å². The number of aromatic nitrogens is 2. The lowest BCUT2D eigenvalue weighted by Crippen LogP contribution is -1.95. The molecule has 0 aliphatic heterocycles. The van der Waals surface area contributed by atoms with E-state index in [4.69, 9.17) is 10.5 Å². The Morgan fingerprint density at radius 1 is 1.35 bits per heavy atom. The summed E-state index contributed by atoms with van der Waals surface area (Å²) in [6, 6.07) is 7.48. The molecule has 0 aliphatic rings. The number of hydrogen-bond acceptors (Lipinski definition) is 3. The standard InChI is InChI=1S/C13H10N4/c1-3-9(2)17-13-5-10(6-14)4-11(7-15)12(13)8-16-17/h3-5,8H,1-2H3/b9-3+. The minimum Gasteiger partial charge on any atom is -0.238 e. The van der Waals surface area contributed by atoms with Gasteiger partial charge >= 0.3 is 0 Å². The van der Waals surface area contributed by atoms with Gasteiger partial charge in [0, 0.05) is 11.1 Å². The van der Waals surface area contributed by atoms with Crippen LogP contribution in [0.15, 0.2) is 24.4 Å². The molecule has 0 radical (unpaired) electrons. The van der Waals surface area contributed by atoms with Crippen molar-refractivity contribution in [3.8, 4) is 12.1 Å². The molecule has 0 spiro atoms. The van der Waals surface area contributed by atoms with E-state index in [0.717, 1.165) is 16.6 Å². The lowest BCUT2D eigenvalue weighted by Gasteiger charge is -2.03. The van der Waals surface area contributed by atoms with Gasteiger partial charge in [-0.25, -0.2) is 4.68 Å². The maximum Gasteiger partial charge on any atom is 0.0999 e. The van der Waals surface area contributed by atoms with Gasteiger partial charge in [-0.2, -0.15) is 15.6 Å². The van der Waals surface area contributed by atoms with Crippen LogP contribution in [0.25, 0.3) is 16.6 Å². The molecule has 2 aromatic rings. The van der Waals surface area contributed by atoms with Crippen LogP contribution in [0.4, 0.5) is 0 Å². The van der Waals surface area contributed by atoms with Gasteiger partial charge in [-0.1, -0.05) is 6.08 Å². The van der Waals surface area contributed by atoms with Crippen LogP contribution in [-0.4, -0.2) is 9.78 Å². The van der Waals surface area contributed by atoms with Crippen LogP contribution < -0.4 is 0 Å². The minimum atomic E-state index is 0.472. The van der Waals surface area contributed by atoms with E-state index in [-0.39, 0.29) is 0 Å². The second-order valence-electron chi connectivity index (χ2n) is 3.67. The first-order valence-electron chi connectivity index (χ1n) is 5.16. The quantitative estimate of drug-likeness (QED) is 0.745. The van der Waals surface area contributed by atoms with Gasteiger partial charge in [0.05, 0.1) is 35.0 Å². The number of allylic oxidation sites excluding steroid dienone is 2. The summed E-state index contributed by atoms with van der Waals surface area (Å²) in [7, 11) is 0. The van der Waals surface area contributed by atoms with Crippen molar-refractivity contribution in [3.05, 3.63) is 35.5 Å². The molecular weight excluding hydrogens is 212 g/mol. The average molecular weight is 222 g/mol. The summed E-state index contributed by atoms with van der Waals surface area (Å²) in [5.41, 5.74) is 2.70. The molecule has 1 aromatic heterocycles. The number of nitriles is 2. The first-order chi connectivity index (χ1) is 8.21. The number of benzene rings is 1. The number of nitrogens with zero attached hydrogens (tertiary/aromatic N) is 4. The first-order valence-corrected chi connectivity index (χ1v) is 5.16. The highest BCUT2D eigenvalue weighted by molar-refractivity contribution is 5.88. The Labute approximate surface area is 99.0 Å². The Morgan fingerprint density at radius 2 is 2.12 bits per heavy atom. The van der Waals surface area contributed by atoms with Crippen molar-refractivity contribution in [2.45, 2.75) is 13.8 Å². The van der Waals surface area contributed by atoms with Crippen LogP contribution in [-0.2, 0) is 0 Å². The van der Waals surface area contributed by atoms with Crippen LogP contribution in [0, 0.1) is 22.7 Å². The maximum atomic E-state index is 9.05. The van der Waals surface area contributed by atoms with Crippen molar-refractivity contribution in [3.63, 3.8) is 0 Å². The zero-order chi connectivity index (χ0) is 12.4. The summed E-state index contributed by atoms with van der Waals surface area (Å²) in [4.78, 5) is 0. The molecule has 0 aliphatic carbocycles. The normalized spacial score (nSPS) is 11.2. The average Bonchev–Trinajstić information content (AvgIpc) is 2.80. The van der Waals surface area contributed by atoms with E-state index >= 15 is 0 Å². The predicted octanol–water partition coefficient (Wildman–Crippen LogP) is 2.66. The van der Waals surface area contributed by atoms with E-state index in [1.54, 1.807) is 23.0 Å². The fraction of sp³-hybridized carbons (Fsp3) is 0.154. The fourth-order valence-corrected chi connectivity index (χ4v) is 1.69. The molecule has 82 valence electrons. The van der Waals surface area contributed by atoms with Gasteiger partial charge in [-0.05, 0) is 26.0 Å². The van der Waals surface area contributed by atoms with Gasteiger partial charge in [0.25, 0.3) is 0 Å². The van der Waals surface area contributed by atoms with Crippen LogP contribution in [0.5, 0.6) is 0 Å². The lowest BCUT2D eigenvalue weighted by molar-refractivity contribution is 0.923. The van der Waals surface area contributed by atoms with Gasteiger partial charge in [-0.15, -0.1) is 0 Å². The van der Waals surface area contributed by atoms with Gasteiger partial charge in [-0.3, -0.25) is 0 Å².